The molecule has 0 amide bonds. The molecule has 3 heterocycles. The van der Waals surface area contributed by atoms with Gasteiger partial charge in [-0.1, -0.05) is 36.8 Å². The first-order valence-corrected chi connectivity index (χ1v) is 11.6. The van der Waals surface area contributed by atoms with E-state index >= 15 is 0 Å². The smallest absolute Gasteiger partial charge is 0.243 e. The fraction of sp³-hybridized carbons (Fsp3) is 0.409. The van der Waals surface area contributed by atoms with Crippen molar-refractivity contribution in [1.82, 2.24) is 28.9 Å². The predicted octanol–water partition coefficient (Wildman–Crippen LogP) is 4.06. The zero-order valence-corrected chi connectivity index (χ0v) is 18.6. The van der Waals surface area contributed by atoms with Gasteiger partial charge in [-0.05, 0) is 32.6 Å². The van der Waals surface area contributed by atoms with Crippen molar-refractivity contribution < 1.29 is 0 Å². The van der Waals surface area contributed by atoms with Gasteiger partial charge >= 0.3 is 0 Å². The standard InChI is InChI=1S/C22H26N8S/c1-3-29(22-24-15(2)28-31-22)14-17-10-7-11-18(17)25-21-26-20-13-23-12-19(30(20)27-21)16-8-5-4-6-9-16/h4-6,8-9,12-13,17-18H,3,7,10-11,14H2,1-2H3,(H,25,27). The number of anilines is 2. The second-order valence-corrected chi connectivity index (χ2v) is 8.70. The molecule has 1 aromatic carbocycles. The zero-order chi connectivity index (χ0) is 21.2. The Kier molecular flexibility index (Phi) is 5.50. The van der Waals surface area contributed by atoms with Crippen LogP contribution in [0, 0.1) is 12.8 Å². The van der Waals surface area contributed by atoms with Gasteiger partial charge < -0.3 is 10.2 Å². The molecule has 0 saturated heterocycles. The van der Waals surface area contributed by atoms with E-state index in [0.29, 0.717) is 17.9 Å². The molecule has 0 aliphatic heterocycles. The Morgan fingerprint density at radius 1 is 1.16 bits per heavy atom. The SMILES string of the molecule is CCN(CC1CCCC1Nc1nc2cncc(-c3ccccc3)n2n1)c1nc(C)ns1. The van der Waals surface area contributed by atoms with Gasteiger partial charge in [0.2, 0.25) is 11.1 Å². The van der Waals surface area contributed by atoms with Gasteiger partial charge in [0.15, 0.2) is 5.65 Å². The first-order chi connectivity index (χ1) is 15.2. The Labute approximate surface area is 185 Å². The highest BCUT2D eigenvalue weighted by Crippen LogP contribution is 2.31. The van der Waals surface area contributed by atoms with Gasteiger partial charge in [-0.3, -0.25) is 4.98 Å². The summed E-state index contributed by atoms with van der Waals surface area (Å²) in [5.74, 6) is 2.02. The average molecular weight is 435 g/mol. The molecule has 2 atom stereocenters. The summed E-state index contributed by atoms with van der Waals surface area (Å²) in [6.07, 6.45) is 7.11. The molecule has 0 bridgehead atoms. The quantitative estimate of drug-likeness (QED) is 0.469. The fourth-order valence-corrected chi connectivity index (χ4v) is 5.08. The number of nitrogens with one attached hydrogen (secondary N) is 1. The van der Waals surface area contributed by atoms with Crippen LogP contribution in [0.1, 0.15) is 32.0 Å². The maximum Gasteiger partial charge on any atom is 0.243 e. The Morgan fingerprint density at radius 3 is 2.81 bits per heavy atom. The third-order valence-electron chi connectivity index (χ3n) is 5.91. The first-order valence-electron chi connectivity index (χ1n) is 10.8. The molecule has 1 N–H and O–H groups in total. The number of aromatic nitrogens is 6. The van der Waals surface area contributed by atoms with E-state index in [2.05, 4.69) is 43.6 Å². The van der Waals surface area contributed by atoms with E-state index in [-0.39, 0.29) is 0 Å². The Hall–Kier alpha value is -3.07. The van der Waals surface area contributed by atoms with Gasteiger partial charge in [-0.2, -0.15) is 9.36 Å². The summed E-state index contributed by atoms with van der Waals surface area (Å²) in [4.78, 5) is 16.0. The summed E-state index contributed by atoms with van der Waals surface area (Å²) in [5, 5.41) is 9.39. The number of rotatable bonds is 7. The highest BCUT2D eigenvalue weighted by atomic mass is 32.1. The first kappa shape index (κ1) is 19.9. The van der Waals surface area contributed by atoms with Crippen LogP contribution in [0.3, 0.4) is 0 Å². The van der Waals surface area contributed by atoms with Crippen LogP contribution in [0.4, 0.5) is 11.1 Å². The van der Waals surface area contributed by atoms with Gasteiger partial charge in [-0.25, -0.2) is 9.50 Å². The topological polar surface area (TPSA) is 84.1 Å². The molecule has 160 valence electrons. The molecule has 9 heteroatoms. The molecule has 1 saturated carbocycles. The van der Waals surface area contributed by atoms with E-state index in [1.165, 1.54) is 24.4 Å². The second-order valence-electron chi connectivity index (χ2n) is 7.97. The van der Waals surface area contributed by atoms with E-state index in [9.17, 15) is 0 Å². The third-order valence-corrected chi connectivity index (χ3v) is 6.78. The van der Waals surface area contributed by atoms with Crippen molar-refractivity contribution in [3.8, 4) is 11.3 Å². The lowest BCUT2D eigenvalue weighted by Gasteiger charge is -2.27. The molecule has 1 aliphatic rings. The molecular formula is C22H26N8S. The molecule has 1 fully saturated rings. The second kappa shape index (κ2) is 8.58. The normalized spacial score (nSPS) is 18.5. The van der Waals surface area contributed by atoms with Crippen LogP contribution in [0.25, 0.3) is 16.9 Å². The molecule has 1 aliphatic carbocycles. The third kappa shape index (κ3) is 4.10. The number of benzene rings is 1. The molecule has 4 aromatic rings. The van der Waals surface area contributed by atoms with Gasteiger partial charge in [0.1, 0.15) is 5.82 Å². The predicted molar refractivity (Wildman–Crippen MR) is 124 cm³/mol. The van der Waals surface area contributed by atoms with Crippen molar-refractivity contribution in [1.29, 1.82) is 0 Å². The Morgan fingerprint density at radius 2 is 2.03 bits per heavy atom. The van der Waals surface area contributed by atoms with Crippen molar-refractivity contribution >= 4 is 28.3 Å². The van der Waals surface area contributed by atoms with E-state index in [0.717, 1.165) is 47.4 Å². The summed E-state index contributed by atoms with van der Waals surface area (Å²) in [5.41, 5.74) is 2.75. The van der Waals surface area contributed by atoms with E-state index in [1.54, 1.807) is 6.20 Å². The van der Waals surface area contributed by atoms with Crippen molar-refractivity contribution in [2.45, 2.75) is 39.2 Å². The summed E-state index contributed by atoms with van der Waals surface area (Å²) in [7, 11) is 0. The summed E-state index contributed by atoms with van der Waals surface area (Å²) in [6.45, 7) is 6.01. The van der Waals surface area contributed by atoms with Crippen molar-refractivity contribution in [3.63, 3.8) is 0 Å². The van der Waals surface area contributed by atoms with Crippen LogP contribution < -0.4 is 10.2 Å². The van der Waals surface area contributed by atoms with Crippen LogP contribution in [0.15, 0.2) is 42.7 Å². The number of nitrogens with zero attached hydrogens (tertiary/aromatic N) is 7. The van der Waals surface area contributed by atoms with Crippen LogP contribution in [0.5, 0.6) is 0 Å². The van der Waals surface area contributed by atoms with Gasteiger partial charge in [-0.15, -0.1) is 5.10 Å². The van der Waals surface area contributed by atoms with Crippen LogP contribution in [0.2, 0.25) is 0 Å². The highest BCUT2D eigenvalue weighted by Gasteiger charge is 2.30. The molecule has 0 spiro atoms. The highest BCUT2D eigenvalue weighted by molar-refractivity contribution is 7.09. The Bertz CT molecular complexity index is 1150. The van der Waals surface area contributed by atoms with Crippen molar-refractivity contribution in [2.24, 2.45) is 5.92 Å². The maximum atomic E-state index is 4.77. The maximum absolute atomic E-state index is 4.77. The molecule has 31 heavy (non-hydrogen) atoms. The van der Waals surface area contributed by atoms with Crippen LogP contribution >= 0.6 is 11.5 Å². The minimum absolute atomic E-state index is 0.341. The van der Waals surface area contributed by atoms with E-state index in [1.807, 2.05) is 35.8 Å². The lowest BCUT2D eigenvalue weighted by atomic mass is 10.0. The minimum atomic E-state index is 0.341. The lowest BCUT2D eigenvalue weighted by molar-refractivity contribution is 0.494. The number of hydrogen-bond acceptors (Lipinski definition) is 8. The summed E-state index contributed by atoms with van der Waals surface area (Å²) in [6, 6.07) is 10.5. The minimum Gasteiger partial charge on any atom is -0.350 e. The van der Waals surface area contributed by atoms with Crippen molar-refractivity contribution in [2.75, 3.05) is 23.3 Å². The van der Waals surface area contributed by atoms with Gasteiger partial charge in [0, 0.05) is 36.2 Å². The summed E-state index contributed by atoms with van der Waals surface area (Å²) >= 11 is 1.48. The molecule has 3 aromatic heterocycles. The lowest BCUT2D eigenvalue weighted by Crippen LogP contribution is -2.36. The largest absolute Gasteiger partial charge is 0.350 e. The molecule has 8 nitrogen and oxygen atoms in total. The monoisotopic (exact) mass is 434 g/mol. The van der Waals surface area contributed by atoms with E-state index in [4.69, 9.17) is 10.1 Å². The van der Waals surface area contributed by atoms with Crippen LogP contribution in [-0.4, -0.2) is 48.1 Å². The number of hydrogen-bond donors (Lipinski definition) is 1. The Balaban J connectivity index is 1.35. The fourth-order valence-electron chi connectivity index (χ4n) is 4.33. The zero-order valence-electron chi connectivity index (χ0n) is 17.8. The van der Waals surface area contributed by atoms with Crippen molar-refractivity contribution in [3.05, 3.63) is 48.5 Å². The van der Waals surface area contributed by atoms with Gasteiger partial charge in [0.05, 0.1) is 18.1 Å². The van der Waals surface area contributed by atoms with E-state index < -0.39 is 0 Å². The number of fused-ring (bicyclic) bond motifs is 1. The molecule has 5 rings (SSSR count). The average Bonchev–Trinajstić information content (AvgIpc) is 3.52. The van der Waals surface area contributed by atoms with Gasteiger partial charge in [0.25, 0.3) is 0 Å². The van der Waals surface area contributed by atoms with Crippen LogP contribution in [-0.2, 0) is 0 Å². The summed E-state index contributed by atoms with van der Waals surface area (Å²) < 4.78 is 6.22. The molecule has 2 unspecified atom stereocenters. The number of aryl methyl sites for hydroxylation is 1. The molecular weight excluding hydrogens is 408 g/mol. The molecule has 0 radical (unpaired) electrons.